The van der Waals surface area contributed by atoms with Crippen molar-refractivity contribution in [1.82, 2.24) is 0 Å². The maximum Gasteiger partial charge on any atom is 0.330 e. The largest absolute Gasteiger partial charge is 0.604 e. The van der Waals surface area contributed by atoms with Crippen LogP contribution in [0.15, 0.2) is 101 Å². The Morgan fingerprint density at radius 1 is 0.808 bits per heavy atom. The molecule has 4 rings (SSSR count). The van der Waals surface area contributed by atoms with E-state index in [9.17, 15) is 4.55 Å². The van der Waals surface area contributed by atoms with E-state index in [0.29, 0.717) is 11.7 Å². The minimum atomic E-state index is -1.29. The Morgan fingerprint density at radius 2 is 1.38 bits per heavy atom. The molecule has 1 atom stereocenters. The zero-order chi connectivity index (χ0) is 17.8. The molecule has 4 heteroatoms. The van der Waals surface area contributed by atoms with E-state index in [2.05, 4.69) is 0 Å². The Hall–Kier alpha value is -2.82. The highest BCUT2D eigenvalue weighted by Gasteiger charge is 2.39. The third kappa shape index (κ3) is 3.57. The molecule has 1 unspecified atom stereocenters. The van der Waals surface area contributed by atoms with Gasteiger partial charge in [0.25, 0.3) is 0 Å². The van der Waals surface area contributed by atoms with Gasteiger partial charge in [-0.1, -0.05) is 66.7 Å². The van der Waals surface area contributed by atoms with Gasteiger partial charge in [0.1, 0.15) is 0 Å². The highest BCUT2D eigenvalue weighted by Crippen LogP contribution is 2.31. The molecule has 0 spiro atoms. The van der Waals surface area contributed by atoms with Crippen LogP contribution in [0.5, 0.6) is 0 Å². The quantitative estimate of drug-likeness (QED) is 0.619. The zero-order valence-electron chi connectivity index (χ0n) is 14.2. The fourth-order valence-corrected chi connectivity index (χ4v) is 4.14. The van der Waals surface area contributed by atoms with Gasteiger partial charge >= 0.3 is 5.17 Å². The van der Waals surface area contributed by atoms with Gasteiger partial charge in [0.05, 0.1) is 23.4 Å². The highest BCUT2D eigenvalue weighted by atomic mass is 32.2. The molecule has 0 amide bonds. The Morgan fingerprint density at radius 3 is 2.04 bits per heavy atom. The minimum absolute atomic E-state index is 0.567. The molecule has 1 aliphatic rings. The van der Waals surface area contributed by atoms with Crippen molar-refractivity contribution in [3.63, 3.8) is 0 Å². The van der Waals surface area contributed by atoms with Crippen LogP contribution in [-0.4, -0.2) is 16.3 Å². The lowest BCUT2D eigenvalue weighted by Gasteiger charge is -2.14. The van der Waals surface area contributed by atoms with Crippen molar-refractivity contribution in [1.29, 1.82) is 0 Å². The summed E-state index contributed by atoms with van der Waals surface area (Å²) in [5.41, 5.74) is 2.84. The fraction of sp³-hybridized carbons (Fsp3) is 0.0455. The molecule has 1 fully saturated rings. The number of anilines is 1. The minimum Gasteiger partial charge on any atom is -0.604 e. The fourth-order valence-electron chi connectivity index (χ4n) is 2.86. The van der Waals surface area contributed by atoms with E-state index < -0.39 is 11.2 Å². The van der Waals surface area contributed by atoms with E-state index in [1.807, 2.05) is 102 Å². The first kappa shape index (κ1) is 16.6. The number of para-hydroxylation sites is 2. The number of aliphatic imine (C=N–C) groups is 1. The Balaban J connectivity index is 1.76. The van der Waals surface area contributed by atoms with Gasteiger partial charge in [-0.3, -0.25) is 4.90 Å². The summed E-state index contributed by atoms with van der Waals surface area (Å²) < 4.78 is 13.2. The van der Waals surface area contributed by atoms with Crippen molar-refractivity contribution in [3.8, 4) is 0 Å². The lowest BCUT2D eigenvalue weighted by Crippen LogP contribution is -2.27. The monoisotopic (exact) mass is 358 g/mol. The van der Waals surface area contributed by atoms with Crippen LogP contribution < -0.4 is 4.90 Å². The van der Waals surface area contributed by atoms with Gasteiger partial charge in [-0.2, -0.15) is 4.99 Å². The van der Waals surface area contributed by atoms with Gasteiger partial charge in [-0.15, -0.1) is 0 Å². The summed E-state index contributed by atoms with van der Waals surface area (Å²) in [6.45, 7) is 0.567. The average Bonchev–Trinajstić information content (AvgIpc) is 3.00. The molecular formula is C22H18N2OS. The van der Waals surface area contributed by atoms with Crippen LogP contribution in [-0.2, 0) is 11.2 Å². The van der Waals surface area contributed by atoms with Crippen LogP contribution in [0.3, 0.4) is 0 Å². The highest BCUT2D eigenvalue weighted by molar-refractivity contribution is 8.10. The number of rotatable bonds is 3. The van der Waals surface area contributed by atoms with Crippen molar-refractivity contribution >= 4 is 33.8 Å². The molecule has 3 aromatic carbocycles. The average molecular weight is 358 g/mol. The third-order valence-electron chi connectivity index (χ3n) is 4.12. The van der Waals surface area contributed by atoms with Gasteiger partial charge in [0.15, 0.2) is 4.91 Å². The van der Waals surface area contributed by atoms with Crippen molar-refractivity contribution in [2.45, 2.75) is 0 Å². The number of nitrogens with zero attached hydrogens (tertiary/aromatic N) is 2. The van der Waals surface area contributed by atoms with Gasteiger partial charge in [0, 0.05) is 5.69 Å². The standard InChI is InChI=1S/C22H18N2OS/c25-26-21(16-18-10-4-1-5-11-18)17-24(20-14-8-3-9-15-20)22(26)23-19-12-6-2-7-13-19/h1-16H,17H2. The van der Waals surface area contributed by atoms with Crippen molar-refractivity contribution in [2.24, 2.45) is 4.99 Å². The van der Waals surface area contributed by atoms with Crippen LogP contribution >= 0.6 is 0 Å². The first-order valence-electron chi connectivity index (χ1n) is 8.45. The molecule has 0 bridgehead atoms. The lowest BCUT2D eigenvalue weighted by atomic mass is 10.2. The smallest absolute Gasteiger partial charge is 0.330 e. The molecular weight excluding hydrogens is 340 g/mol. The summed E-state index contributed by atoms with van der Waals surface area (Å²) in [4.78, 5) is 7.57. The Labute approximate surface area is 156 Å². The van der Waals surface area contributed by atoms with E-state index in [-0.39, 0.29) is 0 Å². The lowest BCUT2D eigenvalue weighted by molar-refractivity contribution is 0.613. The summed E-state index contributed by atoms with van der Waals surface area (Å²) in [5.74, 6) is 0. The SMILES string of the molecule is [O-][S+]1C(=Cc2ccccc2)CN(c2ccccc2)C1=Nc1ccccc1. The molecule has 1 heterocycles. The predicted molar refractivity (Wildman–Crippen MR) is 110 cm³/mol. The predicted octanol–water partition coefficient (Wildman–Crippen LogP) is 4.98. The molecule has 0 N–H and O–H groups in total. The summed E-state index contributed by atoms with van der Waals surface area (Å²) >= 11 is -1.29. The normalized spacial score (nSPS) is 20.0. The zero-order valence-corrected chi connectivity index (χ0v) is 15.0. The third-order valence-corrected chi connectivity index (χ3v) is 5.49. The van der Waals surface area contributed by atoms with E-state index in [4.69, 9.17) is 4.99 Å². The van der Waals surface area contributed by atoms with Crippen LogP contribution in [0.1, 0.15) is 5.56 Å². The van der Waals surface area contributed by atoms with Crippen molar-refractivity contribution in [2.75, 3.05) is 11.4 Å². The molecule has 26 heavy (non-hydrogen) atoms. The topological polar surface area (TPSA) is 38.7 Å². The molecule has 1 saturated heterocycles. The number of amidine groups is 1. The second-order valence-corrected chi connectivity index (χ2v) is 7.37. The first-order chi connectivity index (χ1) is 12.8. The Bertz CT molecular complexity index is 924. The summed E-state index contributed by atoms with van der Waals surface area (Å²) in [5, 5.41) is 0.574. The molecule has 0 aliphatic carbocycles. The molecule has 3 aromatic rings. The first-order valence-corrected chi connectivity index (χ1v) is 9.60. The van der Waals surface area contributed by atoms with Crippen LogP contribution in [0, 0.1) is 0 Å². The van der Waals surface area contributed by atoms with Crippen molar-refractivity contribution in [3.05, 3.63) is 101 Å². The molecule has 3 nitrogen and oxygen atoms in total. The van der Waals surface area contributed by atoms with Gasteiger partial charge in [0.2, 0.25) is 0 Å². The van der Waals surface area contributed by atoms with E-state index >= 15 is 0 Å². The van der Waals surface area contributed by atoms with Crippen molar-refractivity contribution < 1.29 is 4.55 Å². The van der Waals surface area contributed by atoms with Gasteiger partial charge in [-0.05, 0) is 35.9 Å². The molecule has 0 saturated carbocycles. The molecule has 1 aliphatic heterocycles. The maximum atomic E-state index is 13.2. The summed E-state index contributed by atoms with van der Waals surface area (Å²) in [6, 6.07) is 29.6. The van der Waals surface area contributed by atoms with E-state index in [1.54, 1.807) is 0 Å². The number of benzene rings is 3. The maximum absolute atomic E-state index is 13.2. The van der Waals surface area contributed by atoms with E-state index in [0.717, 1.165) is 21.8 Å². The second-order valence-electron chi connectivity index (χ2n) is 5.94. The Kier molecular flexibility index (Phi) is 4.86. The van der Waals surface area contributed by atoms with Crippen LogP contribution in [0.25, 0.3) is 6.08 Å². The summed E-state index contributed by atoms with van der Waals surface area (Å²) in [7, 11) is 0. The van der Waals surface area contributed by atoms with Gasteiger partial charge < -0.3 is 4.55 Å². The molecule has 128 valence electrons. The van der Waals surface area contributed by atoms with Crippen LogP contribution in [0.2, 0.25) is 0 Å². The molecule has 0 radical (unpaired) electrons. The number of hydrogen-bond acceptors (Lipinski definition) is 2. The number of hydrogen-bond donors (Lipinski definition) is 0. The van der Waals surface area contributed by atoms with Gasteiger partial charge in [-0.25, -0.2) is 0 Å². The van der Waals surface area contributed by atoms with Crippen LogP contribution in [0.4, 0.5) is 11.4 Å². The molecule has 0 aromatic heterocycles. The summed E-state index contributed by atoms with van der Waals surface area (Å²) in [6.07, 6.45) is 2.00. The van der Waals surface area contributed by atoms with E-state index in [1.165, 1.54) is 0 Å². The second kappa shape index (κ2) is 7.60.